The van der Waals surface area contributed by atoms with Crippen molar-refractivity contribution < 1.29 is 9.53 Å². The molecule has 0 spiro atoms. The van der Waals surface area contributed by atoms with Crippen molar-refractivity contribution in [1.82, 2.24) is 35.0 Å². The number of hydrogen-bond donors (Lipinski definition) is 2. The second kappa shape index (κ2) is 12.6. The first-order chi connectivity index (χ1) is 14.1. The van der Waals surface area contributed by atoms with Crippen LogP contribution in [0, 0.1) is 0 Å². The molecule has 10 nitrogen and oxygen atoms in total. The Morgan fingerprint density at radius 2 is 2.03 bits per heavy atom. The lowest BCUT2D eigenvalue weighted by Crippen LogP contribution is -2.44. The van der Waals surface area contributed by atoms with Crippen LogP contribution in [-0.4, -0.2) is 96.3 Å². The lowest BCUT2D eigenvalue weighted by Gasteiger charge is -2.26. The van der Waals surface area contributed by atoms with Crippen molar-refractivity contribution in [2.45, 2.75) is 13.0 Å². The molecular weight excluding hydrogens is 499 g/mol. The summed E-state index contributed by atoms with van der Waals surface area (Å²) in [6.07, 6.45) is 2.90. The Kier molecular flexibility index (Phi) is 10.2. The van der Waals surface area contributed by atoms with Crippen LogP contribution in [-0.2, 0) is 16.1 Å². The summed E-state index contributed by atoms with van der Waals surface area (Å²) in [6, 6.07) is 5.76. The van der Waals surface area contributed by atoms with E-state index in [2.05, 4.69) is 30.7 Å². The second-order valence-corrected chi connectivity index (χ2v) is 7.09. The minimum atomic E-state index is -0.0132. The average molecular weight is 530 g/mol. The number of aliphatic imine (C=N–C) groups is 1. The summed E-state index contributed by atoms with van der Waals surface area (Å²) in [4.78, 5) is 20.5. The number of carbonyl (C=O) groups is 1. The zero-order valence-electron chi connectivity index (χ0n) is 17.6. The van der Waals surface area contributed by atoms with Crippen molar-refractivity contribution in [2.24, 2.45) is 4.99 Å². The van der Waals surface area contributed by atoms with E-state index in [1.165, 1.54) is 0 Å². The van der Waals surface area contributed by atoms with Gasteiger partial charge in [0.2, 0.25) is 5.91 Å². The normalized spacial score (nSPS) is 14.9. The van der Waals surface area contributed by atoms with Crippen molar-refractivity contribution in [2.75, 3.05) is 60.0 Å². The quantitative estimate of drug-likeness (QED) is 0.218. The molecule has 166 valence electrons. The number of likely N-dealkylation sites (N-methyl/N-ethyl adjacent to an activating group) is 1. The maximum Gasteiger partial charge on any atom is 0.241 e. The molecule has 1 fully saturated rings. The first-order valence-corrected chi connectivity index (χ1v) is 9.94. The zero-order chi connectivity index (χ0) is 20.5. The van der Waals surface area contributed by atoms with E-state index in [1.54, 1.807) is 19.0 Å². The average Bonchev–Trinajstić information content (AvgIpc) is 3.16. The van der Waals surface area contributed by atoms with E-state index in [0.29, 0.717) is 12.5 Å². The number of nitrogens with zero attached hydrogens (tertiary/aromatic N) is 6. The van der Waals surface area contributed by atoms with E-state index < -0.39 is 0 Å². The minimum absolute atomic E-state index is 0. The highest BCUT2D eigenvalue weighted by Crippen LogP contribution is 2.04. The molecule has 1 aliphatic heterocycles. The van der Waals surface area contributed by atoms with Gasteiger partial charge in [0.25, 0.3) is 0 Å². The number of amides is 1. The number of hydrogen-bond acceptors (Lipinski definition) is 6. The Bertz CT molecular complexity index is 820. The van der Waals surface area contributed by atoms with Crippen LogP contribution in [0.2, 0.25) is 0 Å². The van der Waals surface area contributed by atoms with Crippen LogP contribution >= 0.6 is 24.0 Å². The summed E-state index contributed by atoms with van der Waals surface area (Å²) in [5, 5.41) is 14.8. The molecule has 3 rings (SSSR count). The van der Waals surface area contributed by atoms with Crippen LogP contribution in [0.1, 0.15) is 12.2 Å². The number of guanidine groups is 1. The molecule has 11 heteroatoms. The number of fused-ring (bicyclic) bond motifs is 1. The van der Waals surface area contributed by atoms with Crippen LogP contribution in [0.5, 0.6) is 0 Å². The van der Waals surface area contributed by atoms with E-state index in [-0.39, 0.29) is 36.4 Å². The lowest BCUT2D eigenvalue weighted by atomic mass is 10.3. The van der Waals surface area contributed by atoms with Crippen LogP contribution < -0.4 is 10.6 Å². The highest BCUT2D eigenvalue weighted by atomic mass is 127. The molecule has 0 aromatic carbocycles. The molecule has 0 aliphatic carbocycles. The smallest absolute Gasteiger partial charge is 0.241 e. The van der Waals surface area contributed by atoms with Gasteiger partial charge in [-0.05, 0) is 25.1 Å². The van der Waals surface area contributed by atoms with Gasteiger partial charge >= 0.3 is 0 Å². The summed E-state index contributed by atoms with van der Waals surface area (Å²) >= 11 is 0. The van der Waals surface area contributed by atoms with Crippen LogP contribution in [0.15, 0.2) is 29.4 Å². The second-order valence-electron chi connectivity index (χ2n) is 7.09. The third kappa shape index (κ3) is 7.36. The van der Waals surface area contributed by atoms with Gasteiger partial charge in [0.15, 0.2) is 17.4 Å². The molecule has 1 amide bonds. The monoisotopic (exact) mass is 530 g/mol. The molecule has 0 unspecified atom stereocenters. The summed E-state index contributed by atoms with van der Waals surface area (Å²) in [7, 11) is 3.47. The number of rotatable bonds is 8. The van der Waals surface area contributed by atoms with Crippen LogP contribution in [0.4, 0.5) is 0 Å². The Hall–Kier alpha value is -1.99. The van der Waals surface area contributed by atoms with E-state index in [0.717, 1.165) is 57.3 Å². The van der Waals surface area contributed by atoms with E-state index in [4.69, 9.17) is 4.74 Å². The van der Waals surface area contributed by atoms with Gasteiger partial charge in [-0.15, -0.1) is 34.2 Å². The fourth-order valence-corrected chi connectivity index (χ4v) is 2.97. The van der Waals surface area contributed by atoms with Gasteiger partial charge in [-0.3, -0.25) is 14.1 Å². The van der Waals surface area contributed by atoms with Crippen molar-refractivity contribution >= 4 is 41.5 Å². The van der Waals surface area contributed by atoms with Gasteiger partial charge in [-0.25, -0.2) is 4.99 Å². The molecule has 1 saturated heterocycles. The maximum absolute atomic E-state index is 11.9. The Balaban J connectivity index is 0.00000320. The number of ether oxygens (including phenoxy) is 1. The summed E-state index contributed by atoms with van der Waals surface area (Å²) in [6.45, 7) is 5.90. The van der Waals surface area contributed by atoms with E-state index in [1.807, 2.05) is 28.8 Å². The van der Waals surface area contributed by atoms with Crippen LogP contribution in [0.25, 0.3) is 5.65 Å². The number of halogens is 1. The Morgan fingerprint density at radius 3 is 2.80 bits per heavy atom. The third-order valence-electron chi connectivity index (χ3n) is 4.72. The molecule has 3 heterocycles. The molecule has 0 bridgehead atoms. The van der Waals surface area contributed by atoms with Gasteiger partial charge in [-0.1, -0.05) is 6.07 Å². The lowest BCUT2D eigenvalue weighted by molar-refractivity contribution is -0.127. The molecule has 2 N–H and O–H groups in total. The number of aromatic nitrogens is 3. The standard InChI is InChI=1S/C19H30N8O2.HI/c1-25(2)18(28)15-22-19(20-7-5-8-26-10-12-29-13-11-26)21-14-17-24-23-16-6-3-4-9-27(16)17;/h3-4,6,9H,5,7-8,10-15H2,1-2H3,(H2,20,21,22);1H. The summed E-state index contributed by atoms with van der Waals surface area (Å²) in [5.74, 6) is 1.32. The maximum atomic E-state index is 11.9. The van der Waals surface area contributed by atoms with Gasteiger partial charge in [0.05, 0.1) is 19.8 Å². The number of morpholine rings is 1. The Labute approximate surface area is 194 Å². The van der Waals surface area contributed by atoms with Gasteiger partial charge in [0.1, 0.15) is 6.54 Å². The fourth-order valence-electron chi connectivity index (χ4n) is 2.97. The summed E-state index contributed by atoms with van der Waals surface area (Å²) in [5.41, 5.74) is 0.786. The van der Waals surface area contributed by atoms with Crippen molar-refractivity contribution in [3.63, 3.8) is 0 Å². The first kappa shape index (κ1) is 24.3. The topological polar surface area (TPSA) is 99.4 Å². The zero-order valence-corrected chi connectivity index (χ0v) is 19.9. The summed E-state index contributed by atoms with van der Waals surface area (Å²) < 4.78 is 7.29. The van der Waals surface area contributed by atoms with Crippen LogP contribution in [0.3, 0.4) is 0 Å². The number of nitrogens with one attached hydrogen (secondary N) is 2. The molecule has 0 radical (unpaired) electrons. The van der Waals surface area contributed by atoms with Gasteiger partial charge in [-0.2, -0.15) is 0 Å². The minimum Gasteiger partial charge on any atom is -0.379 e. The van der Waals surface area contributed by atoms with Crippen molar-refractivity contribution in [1.29, 1.82) is 0 Å². The van der Waals surface area contributed by atoms with E-state index >= 15 is 0 Å². The SMILES string of the molecule is CN(C)C(=O)CNC(=NCc1nnc2ccccn12)NCCCN1CCOCC1.I. The van der Waals surface area contributed by atoms with Gasteiger partial charge < -0.3 is 20.3 Å². The van der Waals surface area contributed by atoms with Crippen molar-refractivity contribution in [3.05, 3.63) is 30.2 Å². The predicted molar refractivity (Wildman–Crippen MR) is 126 cm³/mol. The van der Waals surface area contributed by atoms with Crippen molar-refractivity contribution in [3.8, 4) is 0 Å². The fraction of sp³-hybridized carbons (Fsp3) is 0.579. The molecule has 2 aromatic rings. The van der Waals surface area contributed by atoms with Gasteiger partial charge in [0, 0.05) is 39.9 Å². The van der Waals surface area contributed by atoms with E-state index in [9.17, 15) is 4.79 Å². The predicted octanol–water partition coefficient (Wildman–Crippen LogP) is 0.193. The largest absolute Gasteiger partial charge is 0.379 e. The molecule has 2 aromatic heterocycles. The molecule has 30 heavy (non-hydrogen) atoms. The third-order valence-corrected chi connectivity index (χ3v) is 4.72. The highest BCUT2D eigenvalue weighted by molar-refractivity contribution is 14.0. The first-order valence-electron chi connectivity index (χ1n) is 9.94. The number of pyridine rings is 1. The molecule has 0 saturated carbocycles. The highest BCUT2D eigenvalue weighted by Gasteiger charge is 2.10. The number of carbonyl (C=O) groups excluding carboxylic acids is 1. The molecule has 1 aliphatic rings. The Morgan fingerprint density at radius 1 is 1.23 bits per heavy atom. The molecule has 0 atom stereocenters. The molecular formula is C19H31IN8O2.